The Bertz CT molecular complexity index is 810. The first-order chi connectivity index (χ1) is 17.6. The largest absolute Gasteiger partial charge is 0.358 e. The Labute approximate surface area is 230 Å². The van der Waals surface area contributed by atoms with E-state index in [1.807, 2.05) is 19.1 Å². The van der Waals surface area contributed by atoms with Crippen LogP contribution in [0.25, 0.3) is 0 Å². The number of allylic oxidation sites excluding steroid dienone is 1. The average molecular weight is 533 g/mol. The van der Waals surface area contributed by atoms with E-state index < -0.39 is 18.0 Å². The molecular formula is C30H52N4O2S. The van der Waals surface area contributed by atoms with Crippen molar-refractivity contribution in [3.05, 3.63) is 35.5 Å². The number of hydrogen-bond donors (Lipinski definition) is 3. The second-order valence-electron chi connectivity index (χ2n) is 11.2. The summed E-state index contributed by atoms with van der Waals surface area (Å²) < 4.78 is 0. The highest BCUT2D eigenvalue weighted by Gasteiger charge is 2.20. The molecule has 3 atom stereocenters. The van der Waals surface area contributed by atoms with E-state index in [-0.39, 0.29) is 0 Å². The Morgan fingerprint density at radius 2 is 1.62 bits per heavy atom. The van der Waals surface area contributed by atoms with Crippen LogP contribution >= 0.6 is 11.8 Å². The van der Waals surface area contributed by atoms with Gasteiger partial charge in [0.15, 0.2) is 0 Å². The third-order valence-electron chi connectivity index (χ3n) is 6.77. The molecule has 0 saturated heterocycles. The van der Waals surface area contributed by atoms with Gasteiger partial charge in [0.25, 0.3) is 5.91 Å². The van der Waals surface area contributed by atoms with Gasteiger partial charge in [0.1, 0.15) is 11.9 Å². The van der Waals surface area contributed by atoms with Crippen molar-refractivity contribution in [1.29, 1.82) is 0 Å². The second kappa shape index (κ2) is 19.1. The van der Waals surface area contributed by atoms with Crippen LogP contribution in [0, 0.1) is 24.7 Å². The SMILES string of the molecule is C/C(=C\CSCC(Nc1ccc(C)cn1)C(=O)NC(N)=O)CCCC(C)CCCC(C)CCCC(C)C. The molecule has 1 aromatic rings. The number of carbonyl (C=O) groups excluding carboxylic acids is 2. The van der Waals surface area contributed by atoms with Crippen molar-refractivity contribution in [2.24, 2.45) is 23.5 Å². The molecule has 1 rings (SSSR count). The van der Waals surface area contributed by atoms with E-state index in [1.54, 1.807) is 18.0 Å². The summed E-state index contributed by atoms with van der Waals surface area (Å²) in [6.07, 6.45) is 15.8. The molecule has 6 nitrogen and oxygen atoms in total. The van der Waals surface area contributed by atoms with E-state index >= 15 is 0 Å². The number of carbonyl (C=O) groups is 2. The van der Waals surface area contributed by atoms with Crippen LogP contribution in [0.2, 0.25) is 0 Å². The molecular weight excluding hydrogens is 480 g/mol. The lowest BCUT2D eigenvalue weighted by atomic mass is 9.91. The highest BCUT2D eigenvalue weighted by molar-refractivity contribution is 7.99. The Morgan fingerprint density at radius 3 is 2.19 bits per heavy atom. The molecule has 0 radical (unpaired) electrons. The number of thioether (sulfide) groups is 1. The van der Waals surface area contributed by atoms with E-state index in [1.165, 1.54) is 56.9 Å². The van der Waals surface area contributed by atoms with E-state index in [2.05, 4.69) is 56.3 Å². The number of nitrogens with zero attached hydrogens (tertiary/aromatic N) is 1. The molecule has 3 amide bonds. The first kappa shape index (κ1) is 33.0. The zero-order valence-electron chi connectivity index (χ0n) is 24.1. The van der Waals surface area contributed by atoms with Gasteiger partial charge in [-0.15, -0.1) is 0 Å². The minimum absolute atomic E-state index is 0.443. The van der Waals surface area contributed by atoms with Crippen molar-refractivity contribution in [3.8, 4) is 0 Å². The van der Waals surface area contributed by atoms with Crippen LogP contribution in [0.1, 0.15) is 98.0 Å². The van der Waals surface area contributed by atoms with Crippen LogP contribution in [0.4, 0.5) is 10.6 Å². The van der Waals surface area contributed by atoms with Gasteiger partial charge in [-0.1, -0.05) is 90.4 Å². The first-order valence-corrected chi connectivity index (χ1v) is 15.2. The summed E-state index contributed by atoms with van der Waals surface area (Å²) in [5, 5.41) is 5.29. The Kier molecular flexibility index (Phi) is 17.0. The average Bonchev–Trinajstić information content (AvgIpc) is 2.81. The standard InChI is InChI=1S/C30H52N4O2S/c1-22(2)10-7-11-23(3)12-8-13-24(4)14-9-15-25(5)18-19-37-21-27(29(35)34-30(31)36)33-28-17-16-26(6)20-32-28/h16-18,20,22-24,27H,7-15,19,21H2,1-6H3,(H,32,33)(H3,31,34,35,36)/b25-18+. The van der Waals surface area contributed by atoms with Gasteiger partial charge in [-0.2, -0.15) is 11.8 Å². The van der Waals surface area contributed by atoms with Crippen LogP contribution in [0.15, 0.2) is 30.0 Å². The minimum Gasteiger partial charge on any atom is -0.358 e. The number of aryl methyl sites for hydroxylation is 1. The maximum absolute atomic E-state index is 12.4. The van der Waals surface area contributed by atoms with Gasteiger partial charge in [-0.05, 0) is 56.1 Å². The van der Waals surface area contributed by atoms with Gasteiger partial charge in [0, 0.05) is 17.7 Å². The summed E-state index contributed by atoms with van der Waals surface area (Å²) in [6, 6.07) is 2.30. The normalized spacial score (nSPS) is 14.3. The van der Waals surface area contributed by atoms with E-state index in [4.69, 9.17) is 5.73 Å². The van der Waals surface area contributed by atoms with Crippen LogP contribution in [0.3, 0.4) is 0 Å². The molecule has 0 aliphatic rings. The lowest BCUT2D eigenvalue weighted by Gasteiger charge is -2.17. The zero-order chi connectivity index (χ0) is 27.6. The molecule has 210 valence electrons. The number of nitrogens with two attached hydrogens (primary N) is 1. The third kappa shape index (κ3) is 17.2. The fourth-order valence-electron chi connectivity index (χ4n) is 4.32. The summed E-state index contributed by atoms with van der Waals surface area (Å²) in [5.74, 6) is 3.95. The van der Waals surface area contributed by atoms with Crippen molar-refractivity contribution < 1.29 is 9.59 Å². The Morgan fingerprint density at radius 1 is 1.00 bits per heavy atom. The predicted octanol–water partition coefficient (Wildman–Crippen LogP) is 7.48. The van der Waals surface area contributed by atoms with Crippen LogP contribution < -0.4 is 16.4 Å². The smallest absolute Gasteiger partial charge is 0.318 e. The number of pyridine rings is 1. The molecule has 0 aromatic carbocycles. The summed E-state index contributed by atoms with van der Waals surface area (Å²) in [7, 11) is 0. The number of amides is 3. The molecule has 37 heavy (non-hydrogen) atoms. The van der Waals surface area contributed by atoms with Gasteiger partial charge in [0.2, 0.25) is 0 Å². The number of hydrogen-bond acceptors (Lipinski definition) is 5. The number of nitrogens with one attached hydrogen (secondary N) is 2. The van der Waals surface area contributed by atoms with Crippen LogP contribution in [-0.2, 0) is 4.79 Å². The molecule has 0 aliphatic heterocycles. The molecule has 7 heteroatoms. The number of aromatic nitrogens is 1. The van der Waals surface area contributed by atoms with Crippen LogP contribution in [0.5, 0.6) is 0 Å². The summed E-state index contributed by atoms with van der Waals surface area (Å²) in [5.41, 5.74) is 7.57. The fraction of sp³-hybridized carbons (Fsp3) is 0.700. The predicted molar refractivity (Wildman–Crippen MR) is 160 cm³/mol. The van der Waals surface area contributed by atoms with Crippen LogP contribution in [-0.4, -0.2) is 34.5 Å². The quantitative estimate of drug-likeness (QED) is 0.127. The van der Waals surface area contributed by atoms with Crippen molar-refractivity contribution in [3.63, 3.8) is 0 Å². The maximum Gasteiger partial charge on any atom is 0.318 e. The van der Waals surface area contributed by atoms with E-state index in [0.29, 0.717) is 11.6 Å². The number of anilines is 1. The second-order valence-corrected chi connectivity index (χ2v) is 12.3. The Hall–Kier alpha value is -2.02. The molecule has 0 aliphatic carbocycles. The summed E-state index contributed by atoms with van der Waals surface area (Å²) in [4.78, 5) is 27.9. The van der Waals surface area contributed by atoms with Gasteiger partial charge in [-0.25, -0.2) is 9.78 Å². The summed E-state index contributed by atoms with van der Waals surface area (Å²) >= 11 is 1.65. The number of imide groups is 1. The number of urea groups is 1. The summed E-state index contributed by atoms with van der Waals surface area (Å²) in [6.45, 7) is 13.6. The molecule has 0 fully saturated rings. The van der Waals surface area contributed by atoms with Gasteiger partial charge >= 0.3 is 6.03 Å². The lowest BCUT2D eigenvalue weighted by Crippen LogP contribution is -2.46. The van der Waals surface area contributed by atoms with Gasteiger partial charge < -0.3 is 11.1 Å². The lowest BCUT2D eigenvalue weighted by molar-refractivity contribution is -0.120. The monoisotopic (exact) mass is 532 g/mol. The van der Waals surface area contributed by atoms with Gasteiger partial charge in [0.05, 0.1) is 0 Å². The number of primary amides is 1. The van der Waals surface area contributed by atoms with E-state index in [0.717, 1.165) is 35.5 Å². The first-order valence-electron chi connectivity index (χ1n) is 14.1. The maximum atomic E-state index is 12.4. The topological polar surface area (TPSA) is 97.1 Å². The molecule has 0 saturated carbocycles. The van der Waals surface area contributed by atoms with E-state index in [9.17, 15) is 9.59 Å². The Balaban J connectivity index is 2.30. The van der Waals surface area contributed by atoms with Gasteiger partial charge in [-0.3, -0.25) is 10.1 Å². The molecule has 1 heterocycles. The molecule has 0 spiro atoms. The highest BCUT2D eigenvalue weighted by Crippen LogP contribution is 2.22. The highest BCUT2D eigenvalue weighted by atomic mass is 32.2. The third-order valence-corrected chi connectivity index (χ3v) is 7.74. The fourth-order valence-corrected chi connectivity index (χ4v) is 5.33. The molecule has 1 aromatic heterocycles. The van der Waals surface area contributed by atoms with Crippen molar-refractivity contribution >= 4 is 29.5 Å². The molecule has 4 N–H and O–H groups in total. The zero-order valence-corrected chi connectivity index (χ0v) is 25.0. The minimum atomic E-state index is -0.847. The van der Waals surface area contributed by atoms with Crippen molar-refractivity contribution in [2.75, 3.05) is 16.8 Å². The van der Waals surface area contributed by atoms with Crippen molar-refractivity contribution in [1.82, 2.24) is 10.3 Å². The van der Waals surface area contributed by atoms with Crippen molar-refractivity contribution in [2.45, 2.75) is 105 Å². The molecule has 3 unspecified atom stereocenters. The number of rotatable bonds is 19. The molecule has 0 bridgehead atoms.